The van der Waals surface area contributed by atoms with Crippen LogP contribution in [0.4, 0.5) is 4.39 Å². The molecular formula is C18H13FN2O4. The SMILES string of the molecule is COC(=O)c1cn(NC(=O)c2cccc(F)c2)c(=O)c2ccccc12. The number of nitrogens with one attached hydrogen (secondary N) is 1. The number of ether oxygens (including phenoxy) is 1. The molecule has 3 rings (SSSR count). The molecule has 6 nitrogen and oxygen atoms in total. The number of nitrogens with zero attached hydrogens (tertiary/aromatic N) is 1. The molecule has 2 aromatic carbocycles. The molecular weight excluding hydrogens is 327 g/mol. The Morgan fingerprint density at radius 2 is 1.80 bits per heavy atom. The highest BCUT2D eigenvalue weighted by atomic mass is 19.1. The van der Waals surface area contributed by atoms with Crippen molar-refractivity contribution in [3.8, 4) is 0 Å². The van der Waals surface area contributed by atoms with Crippen LogP contribution in [0.25, 0.3) is 10.8 Å². The van der Waals surface area contributed by atoms with Crippen molar-refractivity contribution < 1.29 is 18.7 Å². The van der Waals surface area contributed by atoms with Crippen LogP contribution in [0.15, 0.2) is 59.5 Å². The van der Waals surface area contributed by atoms with Crippen molar-refractivity contribution in [2.24, 2.45) is 0 Å². The molecule has 0 saturated carbocycles. The first-order valence-electron chi connectivity index (χ1n) is 7.31. The van der Waals surface area contributed by atoms with Crippen LogP contribution >= 0.6 is 0 Å². The molecule has 0 unspecified atom stereocenters. The average molecular weight is 340 g/mol. The zero-order valence-electron chi connectivity index (χ0n) is 13.2. The molecule has 0 saturated heterocycles. The Kier molecular flexibility index (Phi) is 4.30. The number of esters is 1. The van der Waals surface area contributed by atoms with Gasteiger partial charge in [0.2, 0.25) is 0 Å². The lowest BCUT2D eigenvalue weighted by atomic mass is 10.1. The van der Waals surface area contributed by atoms with Gasteiger partial charge in [0.25, 0.3) is 11.5 Å². The summed E-state index contributed by atoms with van der Waals surface area (Å²) in [4.78, 5) is 36.8. The standard InChI is InChI=1S/C18H13FN2O4/c1-25-18(24)15-10-21(17(23)14-8-3-2-7-13(14)15)20-16(22)11-5-4-6-12(19)9-11/h2-10H,1H3,(H,20,22). The topological polar surface area (TPSA) is 77.4 Å². The van der Waals surface area contributed by atoms with Gasteiger partial charge < -0.3 is 4.74 Å². The largest absolute Gasteiger partial charge is 0.465 e. The first kappa shape index (κ1) is 16.4. The van der Waals surface area contributed by atoms with E-state index in [1.54, 1.807) is 18.2 Å². The number of methoxy groups -OCH3 is 1. The molecule has 0 bridgehead atoms. The van der Waals surface area contributed by atoms with Gasteiger partial charge in [0.05, 0.1) is 12.7 Å². The number of aromatic nitrogens is 1. The second-order valence-corrected chi connectivity index (χ2v) is 5.21. The van der Waals surface area contributed by atoms with Crippen LogP contribution in [-0.2, 0) is 4.74 Å². The maximum atomic E-state index is 13.3. The zero-order chi connectivity index (χ0) is 18.0. The molecule has 1 heterocycles. The fraction of sp³-hybridized carbons (Fsp3) is 0.0556. The van der Waals surface area contributed by atoms with Crippen molar-refractivity contribution in [1.82, 2.24) is 4.68 Å². The van der Waals surface area contributed by atoms with Gasteiger partial charge in [-0.25, -0.2) is 13.9 Å². The van der Waals surface area contributed by atoms with E-state index in [1.807, 2.05) is 0 Å². The van der Waals surface area contributed by atoms with Crippen molar-refractivity contribution in [3.05, 3.63) is 82.0 Å². The molecule has 126 valence electrons. The Bertz CT molecular complexity index is 1040. The van der Waals surface area contributed by atoms with Gasteiger partial charge in [0.1, 0.15) is 5.82 Å². The highest BCUT2D eigenvalue weighted by Crippen LogP contribution is 2.16. The van der Waals surface area contributed by atoms with E-state index in [0.29, 0.717) is 5.39 Å². The molecule has 0 aliphatic rings. The van der Waals surface area contributed by atoms with Gasteiger partial charge in [0.15, 0.2) is 0 Å². The molecule has 0 radical (unpaired) electrons. The lowest BCUT2D eigenvalue weighted by Gasteiger charge is -2.12. The van der Waals surface area contributed by atoms with Crippen LogP contribution < -0.4 is 11.0 Å². The number of pyridine rings is 1. The van der Waals surface area contributed by atoms with E-state index in [-0.39, 0.29) is 16.5 Å². The maximum absolute atomic E-state index is 13.3. The summed E-state index contributed by atoms with van der Waals surface area (Å²) in [5, 5.41) is 0.653. The molecule has 0 aliphatic carbocycles. The van der Waals surface area contributed by atoms with Crippen LogP contribution in [0, 0.1) is 5.82 Å². The number of hydrogen-bond donors (Lipinski definition) is 1. The molecule has 0 fully saturated rings. The van der Waals surface area contributed by atoms with Crippen molar-refractivity contribution >= 4 is 22.6 Å². The second kappa shape index (κ2) is 6.56. The van der Waals surface area contributed by atoms with E-state index in [4.69, 9.17) is 4.74 Å². The van der Waals surface area contributed by atoms with Crippen LogP contribution in [0.2, 0.25) is 0 Å². The molecule has 3 aromatic rings. The maximum Gasteiger partial charge on any atom is 0.340 e. The van der Waals surface area contributed by atoms with Gasteiger partial charge in [-0.15, -0.1) is 0 Å². The minimum absolute atomic E-state index is 0.0414. The number of fused-ring (bicyclic) bond motifs is 1. The normalized spacial score (nSPS) is 10.5. The molecule has 25 heavy (non-hydrogen) atoms. The Morgan fingerprint density at radius 1 is 1.08 bits per heavy atom. The van der Waals surface area contributed by atoms with Gasteiger partial charge >= 0.3 is 5.97 Å². The summed E-state index contributed by atoms with van der Waals surface area (Å²) in [5.74, 6) is -1.91. The quantitative estimate of drug-likeness (QED) is 0.742. The smallest absolute Gasteiger partial charge is 0.340 e. The first-order chi connectivity index (χ1) is 12.0. The van der Waals surface area contributed by atoms with Gasteiger partial charge in [-0.3, -0.25) is 15.0 Å². The lowest BCUT2D eigenvalue weighted by Crippen LogP contribution is -2.33. The highest BCUT2D eigenvalue weighted by Gasteiger charge is 2.16. The Labute approximate surface area is 141 Å². The minimum atomic E-state index is -0.687. The van der Waals surface area contributed by atoms with E-state index in [1.165, 1.54) is 37.6 Å². The van der Waals surface area contributed by atoms with Crippen molar-refractivity contribution in [2.45, 2.75) is 0 Å². The fourth-order valence-corrected chi connectivity index (χ4v) is 2.45. The predicted molar refractivity (Wildman–Crippen MR) is 89.6 cm³/mol. The summed E-state index contributed by atoms with van der Waals surface area (Å²) in [6, 6.07) is 11.5. The van der Waals surface area contributed by atoms with Crippen molar-refractivity contribution in [3.63, 3.8) is 0 Å². The van der Waals surface area contributed by atoms with Gasteiger partial charge in [-0.1, -0.05) is 24.3 Å². The predicted octanol–water partition coefficient (Wildman–Crippen LogP) is 2.31. The molecule has 1 aromatic heterocycles. The minimum Gasteiger partial charge on any atom is -0.465 e. The van der Waals surface area contributed by atoms with E-state index in [0.717, 1.165) is 10.7 Å². The van der Waals surface area contributed by atoms with Crippen LogP contribution in [0.3, 0.4) is 0 Å². The van der Waals surface area contributed by atoms with E-state index >= 15 is 0 Å². The fourth-order valence-electron chi connectivity index (χ4n) is 2.45. The monoisotopic (exact) mass is 340 g/mol. The number of carbonyl (C=O) groups excluding carboxylic acids is 2. The first-order valence-corrected chi connectivity index (χ1v) is 7.31. The third-order valence-electron chi connectivity index (χ3n) is 3.64. The molecule has 7 heteroatoms. The third-order valence-corrected chi connectivity index (χ3v) is 3.64. The highest BCUT2D eigenvalue weighted by molar-refractivity contribution is 6.04. The summed E-state index contributed by atoms with van der Waals surface area (Å²) in [5.41, 5.74) is 2.00. The number of carbonyl (C=O) groups is 2. The summed E-state index contributed by atoms with van der Waals surface area (Å²) in [6.45, 7) is 0. The Hall–Kier alpha value is -3.48. The summed E-state index contributed by atoms with van der Waals surface area (Å²) in [7, 11) is 1.22. The zero-order valence-corrected chi connectivity index (χ0v) is 13.2. The number of halogens is 1. The summed E-state index contributed by atoms with van der Waals surface area (Å²) >= 11 is 0. The van der Waals surface area contributed by atoms with Crippen molar-refractivity contribution in [2.75, 3.05) is 12.5 Å². The molecule has 0 atom stereocenters. The van der Waals surface area contributed by atoms with Crippen LogP contribution in [0.1, 0.15) is 20.7 Å². The number of rotatable bonds is 3. The third kappa shape index (κ3) is 3.12. The van der Waals surface area contributed by atoms with Gasteiger partial charge in [-0.05, 0) is 24.3 Å². The van der Waals surface area contributed by atoms with Crippen LogP contribution in [0.5, 0.6) is 0 Å². The molecule has 1 amide bonds. The van der Waals surface area contributed by atoms with E-state index in [9.17, 15) is 18.8 Å². The van der Waals surface area contributed by atoms with E-state index in [2.05, 4.69) is 5.43 Å². The van der Waals surface area contributed by atoms with E-state index < -0.39 is 23.3 Å². The number of hydrogen-bond acceptors (Lipinski definition) is 4. The van der Waals surface area contributed by atoms with Crippen LogP contribution in [-0.4, -0.2) is 23.7 Å². The number of benzene rings is 2. The Balaban J connectivity index is 2.10. The van der Waals surface area contributed by atoms with Gasteiger partial charge in [0, 0.05) is 22.5 Å². The lowest BCUT2D eigenvalue weighted by molar-refractivity contribution is 0.0601. The van der Waals surface area contributed by atoms with Crippen molar-refractivity contribution in [1.29, 1.82) is 0 Å². The molecule has 1 N–H and O–H groups in total. The second-order valence-electron chi connectivity index (χ2n) is 5.21. The average Bonchev–Trinajstić information content (AvgIpc) is 2.63. The number of amides is 1. The summed E-state index contributed by atoms with van der Waals surface area (Å²) < 4.78 is 18.9. The molecule has 0 spiro atoms. The van der Waals surface area contributed by atoms with Gasteiger partial charge in [-0.2, -0.15) is 0 Å². The molecule has 0 aliphatic heterocycles. The Morgan fingerprint density at radius 3 is 2.48 bits per heavy atom. The summed E-state index contributed by atoms with van der Waals surface area (Å²) in [6.07, 6.45) is 1.19.